The summed E-state index contributed by atoms with van der Waals surface area (Å²) >= 11 is 0. The average molecular weight is 1210 g/mol. The summed E-state index contributed by atoms with van der Waals surface area (Å²) in [6, 6.07) is 0. The molecule has 1 heterocycles. The van der Waals surface area contributed by atoms with E-state index in [4.69, 9.17) is 23.7 Å². The number of aliphatic carboxylic acids is 1. The van der Waals surface area contributed by atoms with Crippen molar-refractivity contribution < 1.29 is 58.2 Å². The van der Waals surface area contributed by atoms with Gasteiger partial charge in [-0.25, -0.2) is 4.79 Å². The highest BCUT2D eigenvalue weighted by atomic mass is 16.7. The number of aliphatic hydroxyl groups is 2. The second-order valence-corrected chi connectivity index (χ2v) is 22.7. The van der Waals surface area contributed by atoms with Crippen LogP contribution in [-0.2, 0) is 42.9 Å². The molecule has 1 aliphatic heterocycles. The summed E-state index contributed by atoms with van der Waals surface area (Å²) in [5, 5.41) is 31.7. The van der Waals surface area contributed by atoms with Crippen LogP contribution in [0.4, 0.5) is 0 Å². The fourth-order valence-electron chi connectivity index (χ4n) is 9.53. The van der Waals surface area contributed by atoms with Gasteiger partial charge in [0.2, 0.25) is 0 Å². The van der Waals surface area contributed by atoms with Crippen molar-refractivity contribution >= 4 is 23.9 Å². The molecular formula is C75H120O12. The first kappa shape index (κ1) is 79.9. The fourth-order valence-corrected chi connectivity index (χ4v) is 9.53. The first-order valence-corrected chi connectivity index (χ1v) is 34.2. The van der Waals surface area contributed by atoms with Gasteiger partial charge in [-0.05, 0) is 135 Å². The lowest BCUT2D eigenvalue weighted by Gasteiger charge is -2.40. The Hall–Kier alpha value is -5.14. The van der Waals surface area contributed by atoms with E-state index in [0.29, 0.717) is 19.3 Å². The van der Waals surface area contributed by atoms with Crippen LogP contribution in [0.3, 0.4) is 0 Å². The molecule has 1 saturated heterocycles. The quantitative estimate of drug-likeness (QED) is 0.0228. The predicted molar refractivity (Wildman–Crippen MR) is 358 cm³/mol. The fraction of sp³-hybridized carbons (Fsp3) is 0.653. The zero-order chi connectivity index (χ0) is 63.1. The molecule has 1 fully saturated rings. The Morgan fingerprint density at radius 1 is 0.391 bits per heavy atom. The summed E-state index contributed by atoms with van der Waals surface area (Å²) in [5.41, 5.74) is 0. The summed E-state index contributed by atoms with van der Waals surface area (Å²) in [6.07, 6.45) is 73.9. The molecule has 0 amide bonds. The molecule has 0 aromatic heterocycles. The minimum atomic E-state index is -1.93. The molecule has 3 N–H and O–H groups in total. The van der Waals surface area contributed by atoms with Gasteiger partial charge in [0.25, 0.3) is 0 Å². The third-order valence-electron chi connectivity index (χ3n) is 14.7. The monoisotopic (exact) mass is 1210 g/mol. The van der Waals surface area contributed by atoms with Gasteiger partial charge in [0.15, 0.2) is 24.6 Å². The Bertz CT molecular complexity index is 2020. The number of allylic oxidation sites excluding steroid dienone is 22. The van der Waals surface area contributed by atoms with Gasteiger partial charge in [-0.15, -0.1) is 0 Å². The normalized spacial score (nSPS) is 18.2. The second-order valence-electron chi connectivity index (χ2n) is 22.7. The van der Waals surface area contributed by atoms with Crippen LogP contribution >= 0.6 is 0 Å². The lowest BCUT2D eigenvalue weighted by Crippen LogP contribution is -2.61. The van der Waals surface area contributed by atoms with Crippen LogP contribution < -0.4 is 0 Å². The number of hydrogen-bond donors (Lipinski definition) is 3. The topological polar surface area (TPSA) is 175 Å². The zero-order valence-electron chi connectivity index (χ0n) is 54.5. The first-order chi connectivity index (χ1) is 42.6. The maximum atomic E-state index is 13.2. The van der Waals surface area contributed by atoms with Crippen LogP contribution in [0.25, 0.3) is 0 Å². The zero-order valence-corrected chi connectivity index (χ0v) is 54.5. The highest BCUT2D eigenvalue weighted by Gasteiger charge is 2.50. The third-order valence-corrected chi connectivity index (χ3v) is 14.7. The van der Waals surface area contributed by atoms with Crippen LogP contribution in [0.15, 0.2) is 134 Å². The molecule has 1 rings (SSSR count). The van der Waals surface area contributed by atoms with Crippen LogP contribution in [0.5, 0.6) is 0 Å². The number of ether oxygens (including phenoxy) is 5. The van der Waals surface area contributed by atoms with Gasteiger partial charge in [0.1, 0.15) is 18.8 Å². The number of esters is 3. The van der Waals surface area contributed by atoms with Crippen molar-refractivity contribution in [3.8, 4) is 0 Å². The van der Waals surface area contributed by atoms with Gasteiger partial charge in [0, 0.05) is 19.3 Å². The summed E-state index contributed by atoms with van der Waals surface area (Å²) in [5.74, 6) is -3.19. The number of carboxylic acid groups (broad SMARTS) is 1. The molecule has 0 bridgehead atoms. The van der Waals surface area contributed by atoms with Crippen LogP contribution in [-0.4, -0.2) is 89.2 Å². The number of hydrogen-bond acceptors (Lipinski definition) is 11. The average Bonchev–Trinajstić information content (AvgIpc) is 2.60. The highest BCUT2D eigenvalue weighted by Crippen LogP contribution is 2.26. The van der Waals surface area contributed by atoms with E-state index in [1.807, 2.05) is 0 Å². The molecule has 0 aliphatic carbocycles. The van der Waals surface area contributed by atoms with Crippen molar-refractivity contribution in [1.82, 2.24) is 0 Å². The van der Waals surface area contributed by atoms with E-state index in [1.165, 1.54) is 51.4 Å². The number of aliphatic hydroxyl groups excluding tert-OH is 2. The smallest absolute Gasteiger partial charge is 0.335 e. The molecule has 492 valence electrons. The van der Waals surface area contributed by atoms with Crippen molar-refractivity contribution in [3.05, 3.63) is 134 Å². The molecule has 0 aromatic carbocycles. The van der Waals surface area contributed by atoms with E-state index >= 15 is 0 Å². The molecule has 1 aliphatic rings. The van der Waals surface area contributed by atoms with E-state index in [0.717, 1.165) is 154 Å². The van der Waals surface area contributed by atoms with E-state index in [-0.39, 0.29) is 25.9 Å². The third kappa shape index (κ3) is 50.4. The van der Waals surface area contributed by atoms with Crippen molar-refractivity contribution in [2.45, 2.75) is 302 Å². The molecule has 6 atom stereocenters. The van der Waals surface area contributed by atoms with E-state index in [9.17, 15) is 34.5 Å². The maximum Gasteiger partial charge on any atom is 0.335 e. The molecule has 12 nitrogen and oxygen atoms in total. The Balaban J connectivity index is 2.69. The van der Waals surface area contributed by atoms with E-state index in [2.05, 4.69) is 154 Å². The molecule has 0 saturated carbocycles. The largest absolute Gasteiger partial charge is 0.479 e. The number of carbonyl (C=O) groups is 4. The Morgan fingerprint density at radius 2 is 0.724 bits per heavy atom. The van der Waals surface area contributed by atoms with Crippen molar-refractivity contribution in [2.75, 3.05) is 13.2 Å². The van der Waals surface area contributed by atoms with E-state index < -0.39 is 67.3 Å². The van der Waals surface area contributed by atoms with Gasteiger partial charge in [0.05, 0.1) is 6.61 Å². The number of rotatable bonds is 57. The predicted octanol–water partition coefficient (Wildman–Crippen LogP) is 18.9. The Labute approximate surface area is 528 Å². The number of carbonyl (C=O) groups excluding carboxylic acids is 3. The van der Waals surface area contributed by atoms with Gasteiger partial charge < -0.3 is 39.0 Å². The standard InChI is InChI=1S/C75H120O12/c1-4-7-10-13-16-19-22-25-28-31-34-37-40-43-46-49-52-55-58-61-67(76)83-64-66(85-68(77)62-59-56-53-50-47-44-41-38-35-32-29-26-23-20-17-14-11-8-5-2)65-84-75-73(71(80)70(79)72(87-75)74(81)82)86-69(78)63-60-57-54-51-48-45-42-39-36-33-30-27-24-21-18-15-12-9-6-3/h7,9-10,12,16-21,25-30,34,36-37,39,45,48,66,70-73,75,79-80H,4-6,8,11,13-15,22-24,31-33,35,38,40-44,46-47,49-65H2,1-3H3,(H,81,82)/b10-7-,12-9-,19-16-,20-17-,21-18-,28-25-,29-26-,30-27-,37-34-,39-36-,48-45-. The maximum absolute atomic E-state index is 13.2. The molecule has 0 radical (unpaired) electrons. The number of carboxylic acids is 1. The minimum Gasteiger partial charge on any atom is -0.479 e. The summed E-state index contributed by atoms with van der Waals surface area (Å²) < 4.78 is 28.6. The summed E-state index contributed by atoms with van der Waals surface area (Å²) in [4.78, 5) is 51.5. The molecule has 87 heavy (non-hydrogen) atoms. The first-order valence-electron chi connectivity index (χ1n) is 34.2. The van der Waals surface area contributed by atoms with Gasteiger partial charge in [-0.1, -0.05) is 244 Å². The highest BCUT2D eigenvalue weighted by molar-refractivity contribution is 5.74. The Kier molecular flexibility index (Phi) is 56.1. The van der Waals surface area contributed by atoms with Crippen molar-refractivity contribution in [2.24, 2.45) is 0 Å². The SMILES string of the molecule is CC/C=C\C/C=C\C/C=C\C/C=C\C/C=C\CCCCCC(=O)OC1C(OCC(COC(=O)CCCCCCCC/C=C\C/C=C\C/C=C\C/C=C\CC)OC(=O)CCCCCCCCCCC/C=C\C/C=C\CCCCC)OC(C(=O)O)C(O)C1O. The molecule has 12 heteroatoms. The van der Waals surface area contributed by atoms with Crippen LogP contribution in [0, 0.1) is 0 Å². The second kappa shape index (κ2) is 61.1. The summed E-state index contributed by atoms with van der Waals surface area (Å²) in [6.45, 7) is 5.74. The lowest BCUT2D eigenvalue weighted by atomic mass is 9.98. The molecule has 0 aromatic rings. The molecule has 6 unspecified atom stereocenters. The summed E-state index contributed by atoms with van der Waals surface area (Å²) in [7, 11) is 0. The van der Waals surface area contributed by atoms with E-state index in [1.54, 1.807) is 0 Å². The van der Waals surface area contributed by atoms with Crippen LogP contribution in [0.2, 0.25) is 0 Å². The minimum absolute atomic E-state index is 0.0128. The lowest BCUT2D eigenvalue weighted by molar-refractivity contribution is -0.301. The molecule has 0 spiro atoms. The van der Waals surface area contributed by atoms with Gasteiger partial charge >= 0.3 is 23.9 Å². The van der Waals surface area contributed by atoms with Crippen molar-refractivity contribution in [1.29, 1.82) is 0 Å². The van der Waals surface area contributed by atoms with Crippen molar-refractivity contribution in [3.63, 3.8) is 0 Å². The Morgan fingerprint density at radius 3 is 1.11 bits per heavy atom. The van der Waals surface area contributed by atoms with Gasteiger partial charge in [-0.3, -0.25) is 14.4 Å². The number of unbranched alkanes of at least 4 members (excludes halogenated alkanes) is 21. The molecular weight excluding hydrogens is 1090 g/mol. The van der Waals surface area contributed by atoms with Gasteiger partial charge in [-0.2, -0.15) is 0 Å². The van der Waals surface area contributed by atoms with Crippen LogP contribution in [0.1, 0.15) is 265 Å².